The highest BCUT2D eigenvalue weighted by Gasteiger charge is 2.09. The summed E-state index contributed by atoms with van der Waals surface area (Å²) in [5, 5.41) is 4.80. The minimum atomic E-state index is 1.30. The fourth-order valence-electron chi connectivity index (χ4n) is 1.73. The van der Waals surface area contributed by atoms with Crippen LogP contribution in [-0.2, 0) is 0 Å². The van der Waals surface area contributed by atoms with Crippen molar-refractivity contribution in [2.75, 3.05) is 0 Å². The van der Waals surface area contributed by atoms with Crippen LogP contribution >= 0.6 is 11.3 Å². The third-order valence-corrected chi connectivity index (χ3v) is 3.53. The number of rotatable bonds is 0. The largest absolute Gasteiger partial charge is 0.267 e. The van der Waals surface area contributed by atoms with Gasteiger partial charge in [0.15, 0.2) is 11.9 Å². The normalized spacial score (nSPS) is 11.2. The maximum Gasteiger partial charge on any atom is 0.267 e. The second-order valence-electron chi connectivity index (χ2n) is 3.49. The molecule has 0 saturated heterocycles. The van der Waals surface area contributed by atoms with Crippen molar-refractivity contribution in [1.82, 2.24) is 0 Å². The zero-order chi connectivity index (χ0) is 9.54. The van der Waals surface area contributed by atoms with Crippen molar-refractivity contribution in [2.24, 2.45) is 0 Å². The predicted molar refractivity (Wildman–Crippen MR) is 59.7 cm³/mol. The molecule has 0 fully saturated rings. The molecule has 0 radical (unpaired) electrons. The Balaban J connectivity index is 2.54. The number of hydrogen-bond acceptors (Lipinski definition) is 1. The predicted octanol–water partition coefficient (Wildman–Crippen LogP) is 2.95. The number of pyridine rings is 1. The second-order valence-corrected chi connectivity index (χ2v) is 4.38. The molecule has 0 aliphatic carbocycles. The van der Waals surface area contributed by atoms with E-state index in [1.54, 1.807) is 11.3 Å². The fraction of sp³-hybridized carbons (Fsp3) is 0.0833. The van der Waals surface area contributed by atoms with Crippen molar-refractivity contribution in [1.29, 1.82) is 0 Å². The Morgan fingerprint density at radius 1 is 1.14 bits per heavy atom. The number of thiazole rings is 1. The molecule has 0 N–H and O–H groups in total. The number of aromatic nitrogens is 1. The van der Waals surface area contributed by atoms with Gasteiger partial charge >= 0.3 is 0 Å². The highest BCUT2D eigenvalue weighted by Crippen LogP contribution is 2.17. The Morgan fingerprint density at radius 3 is 2.79 bits per heavy atom. The lowest BCUT2D eigenvalue weighted by Crippen LogP contribution is -2.20. The van der Waals surface area contributed by atoms with E-state index in [1.807, 2.05) is 0 Å². The SMILES string of the molecule is Cc1csc2cc3ccccc3c[n+]12. The van der Waals surface area contributed by atoms with Crippen LogP contribution in [0, 0.1) is 6.92 Å². The van der Waals surface area contributed by atoms with Gasteiger partial charge in [-0.25, -0.2) is 0 Å². The summed E-state index contributed by atoms with van der Waals surface area (Å²) in [7, 11) is 0. The molecule has 14 heavy (non-hydrogen) atoms. The summed E-state index contributed by atoms with van der Waals surface area (Å²) in [5.41, 5.74) is 1.30. The summed E-state index contributed by atoms with van der Waals surface area (Å²) < 4.78 is 2.24. The van der Waals surface area contributed by atoms with Crippen LogP contribution < -0.4 is 4.40 Å². The fourth-order valence-corrected chi connectivity index (χ4v) is 2.64. The average Bonchev–Trinajstić information content (AvgIpc) is 2.57. The Hall–Kier alpha value is -1.41. The van der Waals surface area contributed by atoms with E-state index < -0.39 is 0 Å². The van der Waals surface area contributed by atoms with Gasteiger partial charge in [-0.05, 0) is 11.5 Å². The molecule has 1 nitrogen and oxygen atoms in total. The molecule has 2 heteroatoms. The number of benzene rings is 1. The van der Waals surface area contributed by atoms with Gasteiger partial charge in [0, 0.05) is 18.4 Å². The van der Waals surface area contributed by atoms with Crippen molar-refractivity contribution >= 4 is 26.9 Å². The highest BCUT2D eigenvalue weighted by molar-refractivity contribution is 7.15. The van der Waals surface area contributed by atoms with Gasteiger partial charge in [0.2, 0.25) is 0 Å². The number of nitrogens with zero attached hydrogens (tertiary/aromatic N) is 1. The Labute approximate surface area is 86.2 Å². The lowest BCUT2D eigenvalue weighted by Gasteiger charge is -1.92. The molecule has 3 rings (SSSR count). The first kappa shape index (κ1) is 7.94. The Kier molecular flexibility index (Phi) is 1.58. The van der Waals surface area contributed by atoms with Crippen molar-refractivity contribution in [3.8, 4) is 0 Å². The van der Waals surface area contributed by atoms with Crippen LogP contribution in [0.4, 0.5) is 0 Å². The zero-order valence-corrected chi connectivity index (χ0v) is 8.71. The van der Waals surface area contributed by atoms with Crippen molar-refractivity contribution in [3.63, 3.8) is 0 Å². The lowest BCUT2D eigenvalue weighted by molar-refractivity contribution is -0.513. The summed E-state index contributed by atoms with van der Waals surface area (Å²) in [4.78, 5) is 1.31. The Bertz CT molecular complexity index is 610. The molecule has 0 bridgehead atoms. The van der Waals surface area contributed by atoms with Gasteiger partial charge in [-0.15, -0.1) is 0 Å². The molecular weight excluding hydrogens is 190 g/mol. The molecule has 0 saturated carbocycles. The van der Waals surface area contributed by atoms with Crippen LogP contribution in [0.3, 0.4) is 0 Å². The molecule has 0 atom stereocenters. The van der Waals surface area contributed by atoms with Gasteiger partial charge in [-0.3, -0.25) is 0 Å². The van der Waals surface area contributed by atoms with Crippen LogP contribution in [-0.4, -0.2) is 0 Å². The third-order valence-electron chi connectivity index (χ3n) is 2.51. The summed E-state index contributed by atoms with van der Waals surface area (Å²) in [5.74, 6) is 0. The summed E-state index contributed by atoms with van der Waals surface area (Å²) in [6.07, 6.45) is 2.20. The summed E-state index contributed by atoms with van der Waals surface area (Å²) in [6.45, 7) is 2.14. The molecular formula is C12H10NS+. The monoisotopic (exact) mass is 200 g/mol. The number of fused-ring (bicyclic) bond motifs is 2. The van der Waals surface area contributed by atoms with Gasteiger partial charge in [0.25, 0.3) is 4.83 Å². The summed E-state index contributed by atoms with van der Waals surface area (Å²) in [6, 6.07) is 10.7. The molecule has 1 aromatic carbocycles. The molecule has 0 aliphatic heterocycles. The van der Waals surface area contributed by atoms with Crippen molar-refractivity contribution < 1.29 is 4.40 Å². The lowest BCUT2D eigenvalue weighted by atomic mass is 10.2. The molecule has 3 aromatic rings. The van der Waals surface area contributed by atoms with Crippen LogP contribution in [0.2, 0.25) is 0 Å². The van der Waals surface area contributed by atoms with Crippen LogP contribution in [0.15, 0.2) is 41.9 Å². The first-order chi connectivity index (χ1) is 6.84. The highest BCUT2D eigenvalue weighted by atomic mass is 32.1. The first-order valence-corrected chi connectivity index (χ1v) is 5.51. The van der Waals surface area contributed by atoms with Crippen LogP contribution in [0.25, 0.3) is 15.6 Å². The van der Waals surface area contributed by atoms with E-state index in [-0.39, 0.29) is 0 Å². The molecule has 2 heterocycles. The van der Waals surface area contributed by atoms with E-state index in [9.17, 15) is 0 Å². The smallest absolute Gasteiger partial charge is 0.154 e. The van der Waals surface area contributed by atoms with Gasteiger partial charge < -0.3 is 0 Å². The van der Waals surface area contributed by atoms with Gasteiger partial charge in [0.05, 0.1) is 5.38 Å². The zero-order valence-electron chi connectivity index (χ0n) is 7.90. The standard InChI is InChI=1S/C12H10NS/c1-9-8-14-12-6-10-4-2-3-5-11(10)7-13(9)12/h2-8H,1H3/q+1. The third kappa shape index (κ3) is 1.04. The van der Waals surface area contributed by atoms with Crippen LogP contribution in [0.1, 0.15) is 5.69 Å². The van der Waals surface area contributed by atoms with E-state index >= 15 is 0 Å². The second kappa shape index (κ2) is 2.79. The van der Waals surface area contributed by atoms with E-state index in [2.05, 4.69) is 53.2 Å². The van der Waals surface area contributed by atoms with Gasteiger partial charge in [-0.1, -0.05) is 29.5 Å². The topological polar surface area (TPSA) is 4.10 Å². The first-order valence-electron chi connectivity index (χ1n) is 4.63. The molecule has 0 aliphatic rings. The summed E-state index contributed by atoms with van der Waals surface area (Å²) >= 11 is 1.79. The van der Waals surface area contributed by atoms with E-state index in [1.165, 1.54) is 21.3 Å². The van der Waals surface area contributed by atoms with E-state index in [0.29, 0.717) is 0 Å². The minimum absolute atomic E-state index is 1.30. The van der Waals surface area contributed by atoms with Crippen molar-refractivity contribution in [2.45, 2.75) is 6.92 Å². The average molecular weight is 200 g/mol. The molecule has 0 unspecified atom stereocenters. The van der Waals surface area contributed by atoms with Crippen molar-refractivity contribution in [3.05, 3.63) is 47.6 Å². The molecule has 0 spiro atoms. The van der Waals surface area contributed by atoms with Gasteiger partial charge in [0.1, 0.15) is 0 Å². The van der Waals surface area contributed by atoms with Crippen LogP contribution in [0.5, 0.6) is 0 Å². The maximum absolute atomic E-state index is 2.24. The van der Waals surface area contributed by atoms with E-state index in [0.717, 1.165) is 0 Å². The molecule has 2 aromatic heterocycles. The molecule has 68 valence electrons. The Morgan fingerprint density at radius 2 is 1.93 bits per heavy atom. The number of aryl methyl sites for hydroxylation is 1. The van der Waals surface area contributed by atoms with E-state index in [4.69, 9.17) is 0 Å². The minimum Gasteiger partial charge on any atom is -0.154 e. The number of hydrogen-bond donors (Lipinski definition) is 0. The molecule has 0 amide bonds. The quantitative estimate of drug-likeness (QED) is 0.491. The van der Waals surface area contributed by atoms with Gasteiger partial charge in [-0.2, -0.15) is 4.40 Å². The maximum atomic E-state index is 2.24.